The summed E-state index contributed by atoms with van der Waals surface area (Å²) in [6.07, 6.45) is 4.65. The molecule has 1 aromatic heterocycles. The first kappa shape index (κ1) is 44.2. The second-order valence-electron chi connectivity index (χ2n) is 26.6. The highest BCUT2D eigenvalue weighted by Crippen LogP contribution is 2.54. The molecule has 3 heterocycles. The summed E-state index contributed by atoms with van der Waals surface area (Å²) in [7, 11) is 0. The van der Waals surface area contributed by atoms with Gasteiger partial charge < -0.3 is 14.2 Å². The number of nitrogens with zero attached hydrogens (tertiary/aromatic N) is 2. The zero-order valence-corrected chi connectivity index (χ0v) is 43.2. The van der Waals surface area contributed by atoms with Crippen LogP contribution in [0.3, 0.4) is 0 Å². The van der Waals surface area contributed by atoms with Gasteiger partial charge in [-0.3, -0.25) is 0 Å². The van der Waals surface area contributed by atoms with Crippen molar-refractivity contribution in [3.8, 4) is 0 Å². The summed E-state index contributed by atoms with van der Waals surface area (Å²) in [6, 6.07) is 32.1. The predicted octanol–water partition coefficient (Wildman–Crippen LogP) is 15.4. The van der Waals surface area contributed by atoms with E-state index in [0.29, 0.717) is 0 Å². The fourth-order valence-electron chi connectivity index (χ4n) is 12.0. The Morgan fingerprint density at radius 1 is 0.477 bits per heavy atom. The first-order valence-corrected chi connectivity index (χ1v) is 24.8. The van der Waals surface area contributed by atoms with Gasteiger partial charge in [0.1, 0.15) is 5.58 Å². The molecular weight excluding hydrogens is 787 g/mol. The van der Waals surface area contributed by atoms with E-state index in [9.17, 15) is 0 Å². The first-order chi connectivity index (χ1) is 30.0. The normalized spacial score (nSPS) is 19.1. The fraction of sp³-hybridized carbons (Fsp3) is 0.475. The molecule has 0 radical (unpaired) electrons. The molecule has 65 heavy (non-hydrogen) atoms. The van der Waals surface area contributed by atoms with Crippen LogP contribution in [0.25, 0.3) is 11.0 Å². The van der Waals surface area contributed by atoms with Crippen LogP contribution in [0.15, 0.2) is 83.3 Å². The van der Waals surface area contributed by atoms with Gasteiger partial charge in [0, 0.05) is 33.8 Å². The summed E-state index contributed by atoms with van der Waals surface area (Å²) in [5, 5.41) is 1.22. The standard InChI is InChI=1S/C61H75BN2O/c1-36-27-49-52-50(28-36)64(40-21-19-37(20-22-40)55(2,3)4)53-42-32-43-46(61(17,18)26-23-58(43,11)12)35-51(42)65-54(53)62(52)47-33-44-45(60(15,16)25-24-59(44,13)14)34-48(47)63(49)41-30-38(56(5,6)7)29-39(31-41)57(8,9)10/h19-22,27-35H,23-26H2,1-18H3. The smallest absolute Gasteiger partial charge is 0.297 e. The molecule has 0 fully saturated rings. The molecule has 0 spiro atoms. The van der Waals surface area contributed by atoms with Crippen LogP contribution in [0.5, 0.6) is 0 Å². The van der Waals surface area contributed by atoms with Crippen molar-refractivity contribution >= 4 is 68.4 Å². The SMILES string of the molecule is Cc1cc2c3c(c1)N(c1ccc(C(C)(C)C)cc1)c1c(oc4cc5c(cc14)C(C)(C)CCC5(C)C)B3c1cc3c(cc1N2c1cc(C(C)(C)C)cc(C(C)(C)C)c1)C(C)(C)CCC3(C)C. The zero-order chi connectivity index (χ0) is 46.9. The van der Waals surface area contributed by atoms with E-state index in [1.165, 1.54) is 101 Å². The predicted molar refractivity (Wildman–Crippen MR) is 282 cm³/mol. The lowest BCUT2D eigenvalue weighted by Gasteiger charge is -2.47. The Hall–Kier alpha value is -4.70. The Balaban J connectivity index is 1.36. The highest BCUT2D eigenvalue weighted by molar-refractivity contribution is 7.00. The van der Waals surface area contributed by atoms with Crippen LogP contribution in [-0.4, -0.2) is 6.71 Å². The van der Waals surface area contributed by atoms with Crippen molar-refractivity contribution < 1.29 is 4.42 Å². The fourth-order valence-corrected chi connectivity index (χ4v) is 12.0. The highest BCUT2D eigenvalue weighted by Gasteiger charge is 2.50. The topological polar surface area (TPSA) is 19.6 Å². The van der Waals surface area contributed by atoms with Gasteiger partial charge >= 0.3 is 0 Å². The Morgan fingerprint density at radius 3 is 1.45 bits per heavy atom. The van der Waals surface area contributed by atoms with Crippen LogP contribution in [0.2, 0.25) is 0 Å². The minimum absolute atomic E-state index is 0.0352. The van der Waals surface area contributed by atoms with Gasteiger partial charge in [-0.15, -0.1) is 0 Å². The quantitative estimate of drug-likeness (QED) is 0.161. The number of furan rings is 1. The molecule has 338 valence electrons. The average Bonchev–Trinajstić information content (AvgIpc) is 3.57. The molecule has 5 aromatic carbocycles. The van der Waals surface area contributed by atoms with Crippen LogP contribution in [0.1, 0.15) is 188 Å². The molecule has 0 unspecified atom stereocenters. The molecular formula is C61H75BN2O. The van der Waals surface area contributed by atoms with E-state index in [1.807, 2.05) is 0 Å². The van der Waals surface area contributed by atoms with Crippen molar-refractivity contribution in [1.82, 2.24) is 0 Å². The van der Waals surface area contributed by atoms with E-state index >= 15 is 0 Å². The maximum atomic E-state index is 7.63. The molecule has 2 aliphatic carbocycles. The molecule has 2 aliphatic heterocycles. The lowest BCUT2D eigenvalue weighted by atomic mass is 9.35. The second-order valence-corrected chi connectivity index (χ2v) is 26.6. The van der Waals surface area contributed by atoms with E-state index in [4.69, 9.17) is 4.42 Å². The van der Waals surface area contributed by atoms with Crippen LogP contribution < -0.4 is 26.4 Å². The second kappa shape index (κ2) is 13.7. The zero-order valence-electron chi connectivity index (χ0n) is 43.2. The van der Waals surface area contributed by atoms with Crippen molar-refractivity contribution in [2.24, 2.45) is 0 Å². The number of anilines is 6. The number of benzene rings is 5. The van der Waals surface area contributed by atoms with Crippen molar-refractivity contribution in [2.45, 2.75) is 188 Å². The molecule has 4 heteroatoms. The minimum Gasteiger partial charge on any atom is -0.468 e. The van der Waals surface area contributed by atoms with Crippen LogP contribution in [-0.2, 0) is 37.9 Å². The van der Waals surface area contributed by atoms with Gasteiger partial charge in [0.15, 0.2) is 0 Å². The summed E-state index contributed by atoms with van der Waals surface area (Å²) in [5.74, 6) is 0. The molecule has 0 saturated heterocycles. The van der Waals surface area contributed by atoms with Gasteiger partial charge in [-0.05, 0) is 181 Å². The van der Waals surface area contributed by atoms with Gasteiger partial charge in [0.25, 0.3) is 6.71 Å². The van der Waals surface area contributed by atoms with E-state index in [-0.39, 0.29) is 44.6 Å². The van der Waals surface area contributed by atoms with Crippen LogP contribution >= 0.6 is 0 Å². The molecule has 0 bridgehead atoms. The van der Waals surface area contributed by atoms with Crippen molar-refractivity contribution in [3.05, 3.63) is 123 Å². The third-order valence-corrected chi connectivity index (χ3v) is 16.6. The summed E-state index contributed by atoms with van der Waals surface area (Å²) in [6.45, 7) is 43.0. The third-order valence-electron chi connectivity index (χ3n) is 16.6. The Kier molecular flexibility index (Phi) is 9.31. The van der Waals surface area contributed by atoms with E-state index in [0.717, 1.165) is 30.5 Å². The summed E-state index contributed by atoms with van der Waals surface area (Å²) < 4.78 is 7.63. The number of fused-ring (bicyclic) bond motifs is 8. The van der Waals surface area contributed by atoms with Crippen LogP contribution in [0.4, 0.5) is 34.1 Å². The van der Waals surface area contributed by atoms with Gasteiger partial charge in [-0.25, -0.2) is 0 Å². The molecule has 10 rings (SSSR count). The van der Waals surface area contributed by atoms with Crippen molar-refractivity contribution in [1.29, 1.82) is 0 Å². The molecule has 4 aliphatic rings. The molecule has 6 aromatic rings. The molecule has 3 nitrogen and oxygen atoms in total. The summed E-state index contributed by atoms with van der Waals surface area (Å²) in [4.78, 5) is 5.25. The van der Waals surface area contributed by atoms with E-state index in [2.05, 4.69) is 213 Å². The third kappa shape index (κ3) is 6.79. The number of hydrogen-bond acceptors (Lipinski definition) is 3. The van der Waals surface area contributed by atoms with Gasteiger partial charge in [0.2, 0.25) is 0 Å². The first-order valence-electron chi connectivity index (χ1n) is 24.8. The molecule has 0 amide bonds. The summed E-state index contributed by atoms with van der Waals surface area (Å²) >= 11 is 0. The Bertz CT molecular complexity index is 2920. The lowest BCUT2D eigenvalue weighted by molar-refractivity contribution is 0.332. The maximum Gasteiger partial charge on any atom is 0.297 e. The Morgan fingerprint density at radius 2 is 0.938 bits per heavy atom. The highest BCUT2D eigenvalue weighted by atomic mass is 16.3. The van der Waals surface area contributed by atoms with Gasteiger partial charge in [0.05, 0.1) is 11.3 Å². The number of rotatable bonds is 2. The van der Waals surface area contributed by atoms with Crippen molar-refractivity contribution in [2.75, 3.05) is 9.80 Å². The van der Waals surface area contributed by atoms with Gasteiger partial charge in [-0.1, -0.05) is 142 Å². The van der Waals surface area contributed by atoms with Crippen LogP contribution in [0, 0.1) is 6.92 Å². The minimum atomic E-state index is -0.101. The number of hydrogen-bond donors (Lipinski definition) is 0. The monoisotopic (exact) mass is 863 g/mol. The molecule has 0 atom stereocenters. The molecule has 0 N–H and O–H groups in total. The van der Waals surface area contributed by atoms with E-state index < -0.39 is 0 Å². The van der Waals surface area contributed by atoms with Gasteiger partial charge in [-0.2, -0.15) is 0 Å². The summed E-state index contributed by atoms with van der Waals surface area (Å²) in [5.41, 5.74) is 23.4. The maximum absolute atomic E-state index is 7.63. The lowest BCUT2D eigenvalue weighted by Crippen LogP contribution is -2.61. The van der Waals surface area contributed by atoms with Crippen molar-refractivity contribution in [3.63, 3.8) is 0 Å². The van der Waals surface area contributed by atoms with E-state index in [1.54, 1.807) is 0 Å². The number of aryl methyl sites for hydroxylation is 1. The molecule has 0 saturated carbocycles. The average molecular weight is 863 g/mol. The largest absolute Gasteiger partial charge is 0.468 e. The Labute approximate surface area is 392 Å².